The number of ether oxygens (including phenoxy) is 1. The van der Waals surface area contributed by atoms with Crippen molar-refractivity contribution in [1.82, 2.24) is 10.6 Å². The Kier molecular flexibility index (Phi) is 6.28. The third-order valence-corrected chi connectivity index (χ3v) is 3.70. The molecular formula is C14H26N2O3. The first kappa shape index (κ1) is 16.0. The molecule has 5 nitrogen and oxygen atoms in total. The van der Waals surface area contributed by atoms with Crippen LogP contribution in [0.1, 0.15) is 39.5 Å². The maximum atomic E-state index is 11.8. The van der Waals surface area contributed by atoms with Crippen molar-refractivity contribution in [3.05, 3.63) is 0 Å². The molecular weight excluding hydrogens is 244 g/mol. The molecule has 0 aromatic rings. The first-order chi connectivity index (χ1) is 8.95. The number of methoxy groups -OCH3 is 1. The normalized spacial score (nSPS) is 17.0. The van der Waals surface area contributed by atoms with Crippen LogP contribution in [0, 0.1) is 11.3 Å². The summed E-state index contributed by atoms with van der Waals surface area (Å²) in [6.07, 6.45) is 3.79. The van der Waals surface area contributed by atoms with Crippen LogP contribution in [0.5, 0.6) is 0 Å². The molecule has 0 radical (unpaired) electrons. The summed E-state index contributed by atoms with van der Waals surface area (Å²) in [4.78, 5) is 23.2. The molecule has 1 amide bonds. The lowest BCUT2D eigenvalue weighted by molar-refractivity contribution is -0.150. The molecule has 110 valence electrons. The molecule has 1 fully saturated rings. The van der Waals surface area contributed by atoms with E-state index in [-0.39, 0.29) is 11.9 Å². The number of hydrogen-bond acceptors (Lipinski definition) is 4. The van der Waals surface area contributed by atoms with Crippen molar-refractivity contribution in [2.24, 2.45) is 11.3 Å². The molecule has 0 bridgehead atoms. The molecule has 1 saturated heterocycles. The summed E-state index contributed by atoms with van der Waals surface area (Å²) in [5.41, 5.74) is -0.667. The zero-order valence-corrected chi connectivity index (χ0v) is 12.3. The summed E-state index contributed by atoms with van der Waals surface area (Å²) in [6, 6.07) is 0. The van der Waals surface area contributed by atoms with E-state index in [1.807, 2.05) is 0 Å². The van der Waals surface area contributed by atoms with Crippen molar-refractivity contribution in [3.8, 4) is 0 Å². The molecule has 0 aliphatic carbocycles. The predicted molar refractivity (Wildman–Crippen MR) is 73.6 cm³/mol. The fraction of sp³-hybridized carbons (Fsp3) is 0.857. The minimum atomic E-state index is -0.667. The van der Waals surface area contributed by atoms with E-state index in [9.17, 15) is 9.59 Å². The van der Waals surface area contributed by atoms with Crippen LogP contribution in [-0.2, 0) is 14.3 Å². The maximum absolute atomic E-state index is 11.8. The number of carbonyl (C=O) groups is 2. The van der Waals surface area contributed by atoms with E-state index in [2.05, 4.69) is 10.6 Å². The highest BCUT2D eigenvalue weighted by molar-refractivity contribution is 5.79. The Morgan fingerprint density at radius 1 is 1.32 bits per heavy atom. The smallest absolute Gasteiger partial charge is 0.313 e. The first-order valence-electron chi connectivity index (χ1n) is 7.01. The Morgan fingerprint density at radius 3 is 2.53 bits per heavy atom. The van der Waals surface area contributed by atoms with Gasteiger partial charge in [-0.25, -0.2) is 0 Å². The number of piperidine rings is 1. The van der Waals surface area contributed by atoms with Gasteiger partial charge >= 0.3 is 5.97 Å². The van der Waals surface area contributed by atoms with Crippen molar-refractivity contribution >= 4 is 11.9 Å². The quantitative estimate of drug-likeness (QED) is 0.709. The van der Waals surface area contributed by atoms with Gasteiger partial charge in [-0.2, -0.15) is 0 Å². The molecule has 0 aromatic heterocycles. The standard InChI is InChI=1S/C14H26N2O3/c1-14(2,13(18)19-3)10-16-12(17)5-4-11-6-8-15-9-7-11/h11,15H,4-10H2,1-3H3,(H,16,17). The Morgan fingerprint density at radius 2 is 1.95 bits per heavy atom. The Labute approximate surface area is 115 Å². The van der Waals surface area contributed by atoms with E-state index in [1.54, 1.807) is 13.8 Å². The zero-order chi connectivity index (χ0) is 14.3. The summed E-state index contributed by atoms with van der Waals surface area (Å²) in [7, 11) is 1.36. The highest BCUT2D eigenvalue weighted by Crippen LogP contribution is 2.18. The second-order valence-corrected chi connectivity index (χ2v) is 5.88. The molecule has 1 heterocycles. The van der Waals surface area contributed by atoms with Gasteiger partial charge in [-0.05, 0) is 52.1 Å². The minimum absolute atomic E-state index is 0.0236. The molecule has 1 aliphatic heterocycles. The monoisotopic (exact) mass is 270 g/mol. The Bertz CT molecular complexity index is 310. The van der Waals surface area contributed by atoms with E-state index in [0.717, 1.165) is 32.4 Å². The summed E-state index contributed by atoms with van der Waals surface area (Å²) in [6.45, 7) is 5.98. The van der Waals surface area contributed by atoms with Gasteiger partial charge in [0.2, 0.25) is 5.91 Å². The lowest BCUT2D eigenvalue weighted by atomic mass is 9.92. The molecule has 1 rings (SSSR count). The van der Waals surface area contributed by atoms with Gasteiger partial charge in [-0.15, -0.1) is 0 Å². The number of nitrogens with one attached hydrogen (secondary N) is 2. The number of carbonyl (C=O) groups excluding carboxylic acids is 2. The summed E-state index contributed by atoms with van der Waals surface area (Å²) >= 11 is 0. The summed E-state index contributed by atoms with van der Waals surface area (Å²) < 4.78 is 4.71. The summed E-state index contributed by atoms with van der Waals surface area (Å²) in [5, 5.41) is 6.14. The van der Waals surface area contributed by atoms with E-state index >= 15 is 0 Å². The number of rotatable bonds is 6. The SMILES string of the molecule is COC(=O)C(C)(C)CNC(=O)CCC1CCNCC1. The number of esters is 1. The van der Waals surface area contributed by atoms with Crippen molar-refractivity contribution in [1.29, 1.82) is 0 Å². The van der Waals surface area contributed by atoms with Crippen LogP contribution < -0.4 is 10.6 Å². The van der Waals surface area contributed by atoms with Crippen LogP contribution in [0.15, 0.2) is 0 Å². The molecule has 0 atom stereocenters. The van der Waals surface area contributed by atoms with Gasteiger partial charge in [0, 0.05) is 13.0 Å². The van der Waals surface area contributed by atoms with E-state index in [4.69, 9.17) is 4.74 Å². The minimum Gasteiger partial charge on any atom is -0.469 e. The molecule has 0 saturated carbocycles. The van der Waals surface area contributed by atoms with E-state index in [0.29, 0.717) is 18.9 Å². The predicted octanol–water partition coefficient (Wildman–Crippen LogP) is 1.08. The van der Waals surface area contributed by atoms with Gasteiger partial charge in [0.25, 0.3) is 0 Å². The lowest BCUT2D eigenvalue weighted by Crippen LogP contribution is -2.39. The second kappa shape index (κ2) is 7.48. The van der Waals surface area contributed by atoms with Crippen molar-refractivity contribution in [3.63, 3.8) is 0 Å². The molecule has 1 aliphatic rings. The molecule has 19 heavy (non-hydrogen) atoms. The van der Waals surface area contributed by atoms with Crippen LogP contribution in [0.25, 0.3) is 0 Å². The largest absolute Gasteiger partial charge is 0.469 e. The van der Waals surface area contributed by atoms with Crippen LogP contribution in [0.4, 0.5) is 0 Å². The van der Waals surface area contributed by atoms with E-state index in [1.165, 1.54) is 7.11 Å². The third-order valence-electron chi connectivity index (χ3n) is 3.70. The Balaban J connectivity index is 2.22. The van der Waals surface area contributed by atoms with Crippen molar-refractivity contribution in [2.45, 2.75) is 39.5 Å². The van der Waals surface area contributed by atoms with Crippen molar-refractivity contribution < 1.29 is 14.3 Å². The third kappa shape index (κ3) is 5.59. The Hall–Kier alpha value is -1.10. The lowest BCUT2D eigenvalue weighted by Gasteiger charge is -2.23. The highest BCUT2D eigenvalue weighted by Gasteiger charge is 2.29. The van der Waals surface area contributed by atoms with Crippen LogP contribution in [-0.4, -0.2) is 38.6 Å². The van der Waals surface area contributed by atoms with E-state index < -0.39 is 5.41 Å². The molecule has 2 N–H and O–H groups in total. The van der Waals surface area contributed by atoms with Gasteiger partial charge in [0.15, 0.2) is 0 Å². The summed E-state index contributed by atoms with van der Waals surface area (Å²) in [5.74, 6) is 0.377. The van der Waals surface area contributed by atoms with Gasteiger partial charge in [0.05, 0.1) is 12.5 Å². The molecule has 0 spiro atoms. The van der Waals surface area contributed by atoms with Crippen molar-refractivity contribution in [2.75, 3.05) is 26.7 Å². The number of hydrogen-bond donors (Lipinski definition) is 2. The van der Waals surface area contributed by atoms with Gasteiger partial charge in [-0.3, -0.25) is 9.59 Å². The fourth-order valence-corrected chi connectivity index (χ4v) is 2.26. The topological polar surface area (TPSA) is 67.4 Å². The van der Waals surface area contributed by atoms with Crippen LogP contribution in [0.2, 0.25) is 0 Å². The average molecular weight is 270 g/mol. The highest BCUT2D eigenvalue weighted by atomic mass is 16.5. The van der Waals surface area contributed by atoms with Gasteiger partial charge in [-0.1, -0.05) is 0 Å². The van der Waals surface area contributed by atoms with Gasteiger partial charge < -0.3 is 15.4 Å². The van der Waals surface area contributed by atoms with Crippen LogP contribution in [0.3, 0.4) is 0 Å². The molecule has 5 heteroatoms. The molecule has 0 aromatic carbocycles. The fourth-order valence-electron chi connectivity index (χ4n) is 2.26. The molecule has 0 unspecified atom stereocenters. The maximum Gasteiger partial charge on any atom is 0.313 e. The first-order valence-corrected chi connectivity index (χ1v) is 7.01. The van der Waals surface area contributed by atoms with Gasteiger partial charge in [0.1, 0.15) is 0 Å². The second-order valence-electron chi connectivity index (χ2n) is 5.88. The average Bonchev–Trinajstić information content (AvgIpc) is 2.43. The van der Waals surface area contributed by atoms with Crippen LogP contribution >= 0.6 is 0 Å². The number of amides is 1. The zero-order valence-electron chi connectivity index (χ0n) is 12.3.